The summed E-state index contributed by atoms with van der Waals surface area (Å²) >= 11 is 0. The summed E-state index contributed by atoms with van der Waals surface area (Å²) in [4.78, 5) is 28.6. The van der Waals surface area contributed by atoms with Gasteiger partial charge in [-0.2, -0.15) is 0 Å². The number of aromatic nitrogens is 5. The molecule has 0 saturated heterocycles. The normalized spacial score (nSPS) is 14.4. The van der Waals surface area contributed by atoms with Crippen LogP contribution >= 0.6 is 0 Å². The highest BCUT2D eigenvalue weighted by Gasteiger charge is 2.32. The second kappa shape index (κ2) is 6.89. The molecule has 1 amide bonds. The predicted octanol–water partition coefficient (Wildman–Crippen LogP) is 4.87. The third kappa shape index (κ3) is 2.65. The van der Waals surface area contributed by atoms with Crippen molar-refractivity contribution < 1.29 is 9.18 Å². The van der Waals surface area contributed by atoms with E-state index in [0.717, 1.165) is 27.9 Å². The summed E-state index contributed by atoms with van der Waals surface area (Å²) in [6.45, 7) is 0. The van der Waals surface area contributed by atoms with Gasteiger partial charge >= 0.3 is 0 Å². The lowest BCUT2D eigenvalue weighted by Crippen LogP contribution is -2.28. The molecule has 164 valence electrons. The molecule has 1 aliphatic heterocycles. The fraction of sp³-hybridized carbons (Fsp3) is 0.0385. The molecule has 2 aromatic carbocycles. The second-order valence-corrected chi connectivity index (χ2v) is 8.30. The number of nitrogens with one attached hydrogen (secondary N) is 3. The Balaban J connectivity index is 1.34. The SMILES string of the molecule is O=C(NC1c2cccc(-c3nc4ccc(F)cc4[nH]3)c2-n2cccc21)c1ccnc2[nH]ccc12. The van der Waals surface area contributed by atoms with Crippen molar-refractivity contribution in [1.82, 2.24) is 29.8 Å². The van der Waals surface area contributed by atoms with Gasteiger partial charge in [0.25, 0.3) is 5.91 Å². The summed E-state index contributed by atoms with van der Waals surface area (Å²) in [5, 5.41) is 3.98. The minimum atomic E-state index is -0.332. The molecule has 0 aliphatic carbocycles. The minimum Gasteiger partial charge on any atom is -0.346 e. The number of rotatable bonds is 3. The quantitative estimate of drug-likeness (QED) is 0.361. The van der Waals surface area contributed by atoms with E-state index in [1.165, 1.54) is 12.1 Å². The fourth-order valence-electron chi connectivity index (χ4n) is 4.88. The largest absolute Gasteiger partial charge is 0.346 e. The molecule has 4 aromatic heterocycles. The summed E-state index contributed by atoms with van der Waals surface area (Å²) in [5.41, 5.74) is 6.30. The van der Waals surface area contributed by atoms with Gasteiger partial charge in [-0.3, -0.25) is 4.79 Å². The number of hydrogen-bond donors (Lipinski definition) is 3. The molecule has 0 fully saturated rings. The predicted molar refractivity (Wildman–Crippen MR) is 126 cm³/mol. The number of benzene rings is 2. The molecule has 34 heavy (non-hydrogen) atoms. The van der Waals surface area contributed by atoms with Crippen LogP contribution in [0.15, 0.2) is 79.3 Å². The van der Waals surface area contributed by atoms with Crippen LogP contribution in [0, 0.1) is 5.82 Å². The Morgan fingerprint density at radius 3 is 2.97 bits per heavy atom. The van der Waals surface area contributed by atoms with Gasteiger partial charge in [0.15, 0.2) is 0 Å². The molecule has 0 spiro atoms. The van der Waals surface area contributed by atoms with Crippen LogP contribution in [0.4, 0.5) is 4.39 Å². The van der Waals surface area contributed by atoms with Gasteiger partial charge in [0.1, 0.15) is 17.3 Å². The van der Waals surface area contributed by atoms with Crippen LogP contribution in [0.5, 0.6) is 0 Å². The Hall–Kier alpha value is -4.72. The Morgan fingerprint density at radius 1 is 1.09 bits per heavy atom. The highest BCUT2D eigenvalue weighted by molar-refractivity contribution is 6.05. The molecule has 3 N–H and O–H groups in total. The van der Waals surface area contributed by atoms with Crippen molar-refractivity contribution in [3.8, 4) is 17.1 Å². The molecule has 0 radical (unpaired) electrons. The van der Waals surface area contributed by atoms with Crippen molar-refractivity contribution >= 4 is 28.0 Å². The van der Waals surface area contributed by atoms with Crippen molar-refractivity contribution in [2.75, 3.05) is 0 Å². The first-order valence-electron chi connectivity index (χ1n) is 10.9. The van der Waals surface area contributed by atoms with Gasteiger partial charge in [0, 0.05) is 40.8 Å². The minimum absolute atomic E-state index is 0.179. The van der Waals surface area contributed by atoms with Crippen LogP contribution < -0.4 is 5.32 Å². The number of aromatic amines is 2. The molecule has 1 atom stereocenters. The third-order valence-electron chi connectivity index (χ3n) is 6.37. The molecule has 1 unspecified atom stereocenters. The van der Waals surface area contributed by atoms with Crippen molar-refractivity contribution in [3.05, 3.63) is 102 Å². The topological polar surface area (TPSA) is 91.4 Å². The van der Waals surface area contributed by atoms with Crippen molar-refractivity contribution in [3.63, 3.8) is 0 Å². The van der Waals surface area contributed by atoms with E-state index in [1.54, 1.807) is 24.5 Å². The monoisotopic (exact) mass is 448 g/mol. The van der Waals surface area contributed by atoms with Crippen molar-refractivity contribution in [1.29, 1.82) is 0 Å². The van der Waals surface area contributed by atoms with E-state index in [1.807, 2.05) is 42.6 Å². The first kappa shape index (κ1) is 18.8. The van der Waals surface area contributed by atoms with Gasteiger partial charge < -0.3 is 19.9 Å². The lowest BCUT2D eigenvalue weighted by atomic mass is 10.0. The maximum absolute atomic E-state index is 13.7. The Bertz CT molecular complexity index is 1740. The first-order chi connectivity index (χ1) is 16.7. The van der Waals surface area contributed by atoms with Crippen LogP contribution in [-0.2, 0) is 0 Å². The summed E-state index contributed by atoms with van der Waals surface area (Å²) in [5.74, 6) is 0.151. The van der Waals surface area contributed by atoms with Crippen LogP contribution in [0.25, 0.3) is 39.1 Å². The maximum atomic E-state index is 13.7. The van der Waals surface area contributed by atoms with Gasteiger partial charge in [-0.1, -0.05) is 12.1 Å². The number of H-pyrrole nitrogens is 2. The van der Waals surface area contributed by atoms with Crippen molar-refractivity contribution in [2.24, 2.45) is 0 Å². The zero-order valence-electron chi connectivity index (χ0n) is 17.7. The number of nitrogens with zero attached hydrogens (tertiary/aromatic N) is 3. The zero-order chi connectivity index (χ0) is 22.8. The van der Waals surface area contributed by atoms with Crippen LogP contribution in [0.3, 0.4) is 0 Å². The lowest BCUT2D eigenvalue weighted by molar-refractivity contribution is 0.0945. The highest BCUT2D eigenvalue weighted by atomic mass is 19.1. The summed E-state index contributed by atoms with van der Waals surface area (Å²) in [6.07, 6.45) is 5.38. The van der Waals surface area contributed by atoms with E-state index >= 15 is 0 Å². The number of carbonyl (C=O) groups excluding carboxylic acids is 1. The second-order valence-electron chi connectivity index (χ2n) is 8.30. The van der Waals surface area contributed by atoms with Gasteiger partial charge in [-0.15, -0.1) is 0 Å². The van der Waals surface area contributed by atoms with Crippen LogP contribution in [0.2, 0.25) is 0 Å². The van der Waals surface area contributed by atoms with Gasteiger partial charge in [-0.25, -0.2) is 14.4 Å². The first-order valence-corrected chi connectivity index (χ1v) is 10.9. The van der Waals surface area contributed by atoms with Crippen LogP contribution in [-0.4, -0.2) is 30.4 Å². The Morgan fingerprint density at radius 2 is 2.03 bits per heavy atom. The molecule has 6 aromatic rings. The lowest BCUT2D eigenvalue weighted by Gasteiger charge is -2.15. The highest BCUT2D eigenvalue weighted by Crippen LogP contribution is 2.41. The number of pyridine rings is 1. The molecular formula is C26H17FN6O. The molecule has 7 rings (SSSR count). The van der Waals surface area contributed by atoms with E-state index in [2.05, 4.69) is 29.8 Å². The molecule has 8 heteroatoms. The standard InChI is InChI=1S/C26H17FN6O/c27-14-6-7-19-20(13-14)31-25(30-19)18-4-1-3-17-22(21-5-2-12-33(21)23(17)18)32-26(34)16-9-11-29-24-15(16)8-10-28-24/h1-13,22H,(H,28,29)(H,30,31)(H,32,34). The number of carbonyl (C=O) groups is 1. The average molecular weight is 448 g/mol. The average Bonchev–Trinajstić information content (AvgIpc) is 3.62. The zero-order valence-corrected chi connectivity index (χ0v) is 17.7. The third-order valence-corrected chi connectivity index (χ3v) is 6.37. The molecule has 7 nitrogen and oxygen atoms in total. The molecule has 1 aliphatic rings. The van der Waals surface area contributed by atoms with Gasteiger partial charge in [0.2, 0.25) is 0 Å². The molecule has 0 bridgehead atoms. The van der Waals surface area contributed by atoms with E-state index in [-0.39, 0.29) is 17.8 Å². The van der Waals surface area contributed by atoms with Gasteiger partial charge in [0.05, 0.1) is 28.3 Å². The molecular weight excluding hydrogens is 431 g/mol. The Kier molecular flexibility index (Phi) is 3.81. The summed E-state index contributed by atoms with van der Waals surface area (Å²) in [7, 11) is 0. The molecule has 5 heterocycles. The van der Waals surface area contributed by atoms with E-state index in [9.17, 15) is 9.18 Å². The summed E-state index contributed by atoms with van der Waals surface area (Å²) in [6, 6.07) is 17.6. The smallest absolute Gasteiger partial charge is 0.252 e. The number of para-hydroxylation sites is 1. The van der Waals surface area contributed by atoms with Crippen LogP contribution in [0.1, 0.15) is 27.7 Å². The van der Waals surface area contributed by atoms with E-state index in [0.29, 0.717) is 28.1 Å². The Labute approximate surface area is 192 Å². The molecule has 0 saturated carbocycles. The maximum Gasteiger partial charge on any atom is 0.252 e. The van der Waals surface area contributed by atoms with Crippen molar-refractivity contribution in [2.45, 2.75) is 6.04 Å². The van der Waals surface area contributed by atoms with E-state index in [4.69, 9.17) is 0 Å². The number of halogens is 1. The number of amides is 1. The number of hydrogen-bond acceptors (Lipinski definition) is 3. The number of imidazole rings is 1. The van der Waals surface area contributed by atoms with Gasteiger partial charge in [-0.05, 0) is 48.5 Å². The van der Waals surface area contributed by atoms with E-state index < -0.39 is 0 Å². The fourth-order valence-corrected chi connectivity index (χ4v) is 4.88. The summed E-state index contributed by atoms with van der Waals surface area (Å²) < 4.78 is 15.8. The number of fused-ring (bicyclic) bond motifs is 5.